The summed E-state index contributed by atoms with van der Waals surface area (Å²) in [6, 6.07) is 10.1. The van der Waals surface area contributed by atoms with E-state index in [4.69, 9.17) is 4.74 Å². The topological polar surface area (TPSA) is 41.6 Å². The van der Waals surface area contributed by atoms with Gasteiger partial charge in [-0.2, -0.15) is 0 Å². The largest absolute Gasteiger partial charge is 0.385 e. The number of hydrogen-bond acceptors (Lipinski definition) is 3. The van der Waals surface area contributed by atoms with Crippen LogP contribution in [0.4, 0.5) is 0 Å². The molecule has 110 valence electrons. The van der Waals surface area contributed by atoms with E-state index >= 15 is 0 Å². The van der Waals surface area contributed by atoms with Crippen LogP contribution in [0.5, 0.6) is 0 Å². The molecule has 1 heterocycles. The Morgan fingerprint density at radius 2 is 2.00 bits per heavy atom. The van der Waals surface area contributed by atoms with Crippen LogP contribution in [0.25, 0.3) is 0 Å². The van der Waals surface area contributed by atoms with Crippen molar-refractivity contribution in [3.63, 3.8) is 0 Å². The first-order chi connectivity index (χ1) is 9.77. The first-order valence-corrected chi connectivity index (χ1v) is 7.38. The minimum Gasteiger partial charge on any atom is -0.385 e. The van der Waals surface area contributed by atoms with Gasteiger partial charge in [-0.25, -0.2) is 0 Å². The fourth-order valence-electron chi connectivity index (χ4n) is 2.65. The predicted molar refractivity (Wildman–Crippen MR) is 79.2 cm³/mol. The molecule has 0 saturated carbocycles. The number of rotatable bonds is 7. The zero-order valence-electron chi connectivity index (χ0n) is 12.3. The van der Waals surface area contributed by atoms with Gasteiger partial charge in [-0.1, -0.05) is 37.3 Å². The van der Waals surface area contributed by atoms with E-state index in [1.54, 1.807) is 7.11 Å². The van der Waals surface area contributed by atoms with Gasteiger partial charge in [0.05, 0.1) is 6.04 Å². The lowest BCUT2D eigenvalue weighted by atomic mass is 10.1. The number of nitrogens with zero attached hydrogens (tertiary/aromatic N) is 1. The summed E-state index contributed by atoms with van der Waals surface area (Å²) < 4.78 is 5.07. The van der Waals surface area contributed by atoms with Gasteiger partial charge in [0.1, 0.15) is 6.17 Å². The van der Waals surface area contributed by atoms with Gasteiger partial charge in [-0.05, 0) is 24.8 Å². The lowest BCUT2D eigenvalue weighted by Crippen LogP contribution is -2.32. The molecule has 1 N–H and O–H groups in total. The Bertz CT molecular complexity index is 422. The smallest absolute Gasteiger partial charge is 0.241 e. The van der Waals surface area contributed by atoms with Crippen molar-refractivity contribution >= 4 is 5.91 Å². The van der Waals surface area contributed by atoms with E-state index in [1.807, 2.05) is 30.0 Å². The number of ether oxygens (including phenoxy) is 1. The van der Waals surface area contributed by atoms with E-state index in [1.165, 1.54) is 0 Å². The van der Waals surface area contributed by atoms with Crippen molar-refractivity contribution in [2.45, 2.75) is 38.4 Å². The average Bonchev–Trinajstić information content (AvgIpc) is 2.81. The van der Waals surface area contributed by atoms with Gasteiger partial charge < -0.3 is 9.64 Å². The molecule has 1 saturated heterocycles. The quantitative estimate of drug-likeness (QED) is 0.777. The zero-order chi connectivity index (χ0) is 14.4. The van der Waals surface area contributed by atoms with E-state index in [9.17, 15) is 4.79 Å². The Kier molecular flexibility index (Phi) is 5.56. The van der Waals surface area contributed by atoms with E-state index in [2.05, 4.69) is 17.4 Å². The highest BCUT2D eigenvalue weighted by atomic mass is 16.5. The normalized spacial score (nSPS) is 22.5. The van der Waals surface area contributed by atoms with E-state index in [0.29, 0.717) is 0 Å². The van der Waals surface area contributed by atoms with Gasteiger partial charge in [0.15, 0.2) is 0 Å². The van der Waals surface area contributed by atoms with E-state index in [0.717, 1.165) is 38.0 Å². The molecule has 1 aliphatic rings. The molecule has 2 rings (SSSR count). The fraction of sp³-hybridized carbons (Fsp3) is 0.562. The molecule has 0 aromatic heterocycles. The maximum absolute atomic E-state index is 12.4. The average molecular weight is 276 g/mol. The Morgan fingerprint density at radius 3 is 2.65 bits per heavy atom. The van der Waals surface area contributed by atoms with Crippen molar-refractivity contribution in [3.05, 3.63) is 35.9 Å². The third-order valence-corrected chi connectivity index (χ3v) is 3.77. The van der Waals surface area contributed by atoms with Crippen molar-refractivity contribution in [1.82, 2.24) is 10.2 Å². The number of carbonyl (C=O) groups is 1. The summed E-state index contributed by atoms with van der Waals surface area (Å²) in [7, 11) is 1.71. The molecule has 4 heteroatoms. The van der Waals surface area contributed by atoms with Crippen molar-refractivity contribution in [3.8, 4) is 0 Å². The van der Waals surface area contributed by atoms with Crippen molar-refractivity contribution in [1.29, 1.82) is 0 Å². The zero-order valence-corrected chi connectivity index (χ0v) is 12.3. The van der Waals surface area contributed by atoms with Crippen molar-refractivity contribution in [2.75, 3.05) is 20.3 Å². The predicted octanol–water partition coefficient (Wildman–Crippen LogP) is 2.32. The van der Waals surface area contributed by atoms with E-state index < -0.39 is 0 Å². The summed E-state index contributed by atoms with van der Waals surface area (Å²) >= 11 is 0. The lowest BCUT2D eigenvalue weighted by Gasteiger charge is -2.24. The van der Waals surface area contributed by atoms with Gasteiger partial charge in [0.2, 0.25) is 5.91 Å². The Balaban J connectivity index is 2.05. The van der Waals surface area contributed by atoms with Crippen LogP contribution < -0.4 is 5.32 Å². The second-order valence-electron chi connectivity index (χ2n) is 5.17. The number of carbonyl (C=O) groups excluding carboxylic acids is 1. The third kappa shape index (κ3) is 3.38. The number of amides is 1. The molecule has 2 atom stereocenters. The van der Waals surface area contributed by atoms with Gasteiger partial charge in [0.25, 0.3) is 0 Å². The number of methoxy groups -OCH3 is 1. The molecule has 0 radical (unpaired) electrons. The van der Waals surface area contributed by atoms with Crippen molar-refractivity contribution < 1.29 is 9.53 Å². The third-order valence-electron chi connectivity index (χ3n) is 3.77. The Morgan fingerprint density at radius 1 is 1.25 bits per heavy atom. The molecule has 1 amide bonds. The molecule has 1 aliphatic heterocycles. The van der Waals surface area contributed by atoms with E-state index in [-0.39, 0.29) is 18.1 Å². The molecule has 1 fully saturated rings. The number of benzene rings is 1. The molecule has 2 unspecified atom stereocenters. The van der Waals surface area contributed by atoms with Crippen LogP contribution in [0.3, 0.4) is 0 Å². The number of nitrogens with one attached hydrogen (secondary N) is 1. The highest BCUT2D eigenvalue weighted by molar-refractivity contribution is 5.84. The van der Waals surface area contributed by atoms with Crippen LogP contribution in [0.15, 0.2) is 30.3 Å². The molecule has 20 heavy (non-hydrogen) atoms. The number of unbranched alkanes of at least 4 members (excludes halogenated alkanes) is 1. The van der Waals surface area contributed by atoms with Gasteiger partial charge >= 0.3 is 0 Å². The fourth-order valence-corrected chi connectivity index (χ4v) is 2.65. The SMILES string of the molecule is CCC1NC(c2ccccc2)N(CCCCOC)C1=O. The summed E-state index contributed by atoms with van der Waals surface area (Å²) in [6.07, 6.45) is 2.80. The molecule has 0 aliphatic carbocycles. The van der Waals surface area contributed by atoms with Gasteiger partial charge in [-0.15, -0.1) is 0 Å². The summed E-state index contributed by atoms with van der Waals surface area (Å²) in [4.78, 5) is 14.4. The van der Waals surface area contributed by atoms with Gasteiger partial charge in [-0.3, -0.25) is 10.1 Å². The highest BCUT2D eigenvalue weighted by Crippen LogP contribution is 2.26. The standard InChI is InChI=1S/C16H24N2O2/c1-3-14-16(19)18(11-7-8-12-20-2)15(17-14)13-9-5-4-6-10-13/h4-6,9-10,14-15,17H,3,7-8,11-12H2,1-2H3. The molecule has 1 aromatic carbocycles. The molecule has 0 spiro atoms. The first-order valence-electron chi connectivity index (χ1n) is 7.38. The van der Waals surface area contributed by atoms with Crippen molar-refractivity contribution in [2.24, 2.45) is 0 Å². The maximum Gasteiger partial charge on any atom is 0.241 e. The van der Waals surface area contributed by atoms with Crippen LogP contribution in [-0.4, -0.2) is 37.1 Å². The molecular formula is C16H24N2O2. The molecule has 0 bridgehead atoms. The van der Waals surface area contributed by atoms with Gasteiger partial charge in [0, 0.05) is 20.3 Å². The molecular weight excluding hydrogens is 252 g/mol. The maximum atomic E-state index is 12.4. The minimum atomic E-state index is -0.0531. The Hall–Kier alpha value is -1.39. The van der Waals surface area contributed by atoms with Crippen LogP contribution in [0.2, 0.25) is 0 Å². The van der Waals surface area contributed by atoms with Crippen LogP contribution in [0, 0.1) is 0 Å². The first kappa shape index (κ1) is 15.0. The van der Waals surface area contributed by atoms with Crippen LogP contribution >= 0.6 is 0 Å². The van der Waals surface area contributed by atoms with Crippen LogP contribution in [0.1, 0.15) is 37.9 Å². The second-order valence-corrected chi connectivity index (χ2v) is 5.17. The minimum absolute atomic E-state index is 0.0104. The highest BCUT2D eigenvalue weighted by Gasteiger charge is 2.37. The summed E-state index contributed by atoms with van der Waals surface area (Å²) in [6.45, 7) is 3.58. The number of hydrogen-bond donors (Lipinski definition) is 1. The Labute approximate surface area is 121 Å². The van der Waals surface area contributed by atoms with Crippen LogP contribution in [-0.2, 0) is 9.53 Å². The second kappa shape index (κ2) is 7.41. The molecule has 4 nitrogen and oxygen atoms in total. The monoisotopic (exact) mass is 276 g/mol. The lowest BCUT2D eigenvalue weighted by molar-refractivity contribution is -0.130. The summed E-state index contributed by atoms with van der Waals surface area (Å²) in [5.74, 6) is 0.221. The summed E-state index contributed by atoms with van der Waals surface area (Å²) in [5.41, 5.74) is 1.16. The molecule has 1 aromatic rings. The summed E-state index contributed by atoms with van der Waals surface area (Å²) in [5, 5.41) is 3.44.